The van der Waals surface area contributed by atoms with Gasteiger partial charge >= 0.3 is 7.12 Å². The van der Waals surface area contributed by atoms with Gasteiger partial charge in [0.05, 0.1) is 17.7 Å². The Balaban J connectivity index is 1.29. The molecule has 0 bridgehead atoms. The summed E-state index contributed by atoms with van der Waals surface area (Å²) in [5.74, 6) is 1.42. The van der Waals surface area contributed by atoms with Gasteiger partial charge in [-0.3, -0.25) is 0 Å². The highest BCUT2D eigenvalue weighted by molar-refractivity contribution is 6.63. The lowest BCUT2D eigenvalue weighted by Crippen LogP contribution is -2.38. The highest BCUT2D eigenvalue weighted by Crippen LogP contribution is 2.40. The van der Waals surface area contributed by atoms with Crippen LogP contribution in [0.4, 0.5) is 11.4 Å². The number of hydrogen-bond acceptors (Lipinski definition) is 4. The number of nitriles is 1. The zero-order chi connectivity index (χ0) is 25.5. The van der Waals surface area contributed by atoms with E-state index in [2.05, 4.69) is 102 Å². The molecular formula is C33H23BN2O2. The molecule has 0 amide bonds. The fraction of sp³-hybridized carbons (Fsp3) is 0.0606. The molecule has 0 saturated heterocycles. The molecule has 5 heteroatoms. The van der Waals surface area contributed by atoms with Crippen molar-refractivity contribution in [2.75, 3.05) is 4.90 Å². The number of fused-ring (bicyclic) bond motifs is 3. The molecule has 0 spiro atoms. The minimum absolute atomic E-state index is 0.140. The smallest absolute Gasteiger partial charge is 0.519 e. The highest BCUT2D eigenvalue weighted by atomic mass is 16.6. The molecule has 180 valence electrons. The molecule has 0 radical (unpaired) electrons. The highest BCUT2D eigenvalue weighted by Gasteiger charge is 2.35. The van der Waals surface area contributed by atoms with E-state index in [1.807, 2.05) is 18.2 Å². The third-order valence-corrected chi connectivity index (χ3v) is 7.28. The number of rotatable bonds is 4. The van der Waals surface area contributed by atoms with Crippen molar-refractivity contribution >= 4 is 46.9 Å². The van der Waals surface area contributed by atoms with Crippen LogP contribution in [0.25, 0.3) is 22.9 Å². The van der Waals surface area contributed by atoms with Gasteiger partial charge in [-0.2, -0.15) is 5.26 Å². The summed E-state index contributed by atoms with van der Waals surface area (Å²) in [7, 11) is -0.538. The van der Waals surface area contributed by atoms with Gasteiger partial charge in [-0.15, -0.1) is 0 Å². The first-order chi connectivity index (χ1) is 18.7. The van der Waals surface area contributed by atoms with Crippen LogP contribution < -0.4 is 30.1 Å². The van der Waals surface area contributed by atoms with Crippen molar-refractivity contribution in [3.8, 4) is 17.6 Å². The third-order valence-electron chi connectivity index (χ3n) is 7.28. The fourth-order valence-corrected chi connectivity index (χ4v) is 5.35. The van der Waals surface area contributed by atoms with E-state index in [9.17, 15) is 0 Å². The number of anilines is 2. The van der Waals surface area contributed by atoms with E-state index >= 15 is 0 Å². The van der Waals surface area contributed by atoms with Crippen molar-refractivity contribution in [3.05, 3.63) is 125 Å². The molecule has 38 heavy (non-hydrogen) atoms. The minimum Gasteiger partial charge on any atom is -0.519 e. The summed E-state index contributed by atoms with van der Waals surface area (Å²) in [6, 6.07) is 39.4. The van der Waals surface area contributed by atoms with Gasteiger partial charge in [0.25, 0.3) is 0 Å². The maximum absolute atomic E-state index is 9.11. The maximum atomic E-state index is 9.11. The quantitative estimate of drug-likeness (QED) is 0.331. The molecule has 5 aromatic carbocycles. The summed E-state index contributed by atoms with van der Waals surface area (Å²) in [5.41, 5.74) is 3.65. The predicted octanol–water partition coefficient (Wildman–Crippen LogP) is 5.05. The molecule has 1 aliphatic carbocycles. The van der Waals surface area contributed by atoms with Crippen molar-refractivity contribution in [3.63, 3.8) is 0 Å². The van der Waals surface area contributed by atoms with Crippen molar-refractivity contribution in [2.24, 2.45) is 0 Å². The zero-order valence-corrected chi connectivity index (χ0v) is 20.6. The topological polar surface area (TPSA) is 45.5 Å². The second-order valence-corrected chi connectivity index (χ2v) is 9.64. The van der Waals surface area contributed by atoms with Crippen LogP contribution in [0.2, 0.25) is 0 Å². The molecule has 0 saturated carbocycles. The van der Waals surface area contributed by atoms with Crippen LogP contribution in [0.15, 0.2) is 109 Å². The Labute approximate surface area is 221 Å². The molecule has 0 N–H and O–H groups in total. The van der Waals surface area contributed by atoms with Gasteiger partial charge in [0.2, 0.25) is 0 Å². The van der Waals surface area contributed by atoms with Gasteiger partial charge in [-0.1, -0.05) is 78.9 Å². The van der Waals surface area contributed by atoms with E-state index in [1.165, 1.54) is 21.2 Å². The average molecular weight is 490 g/mol. The average Bonchev–Trinajstić information content (AvgIpc) is 3.41. The molecule has 7 rings (SSSR count). The maximum Gasteiger partial charge on any atom is 0.632 e. The van der Waals surface area contributed by atoms with E-state index in [4.69, 9.17) is 14.6 Å². The Morgan fingerprint density at radius 1 is 0.711 bits per heavy atom. The predicted molar refractivity (Wildman–Crippen MR) is 153 cm³/mol. The van der Waals surface area contributed by atoms with E-state index in [-0.39, 0.29) is 6.04 Å². The third kappa shape index (κ3) is 3.97. The molecule has 0 aromatic heterocycles. The van der Waals surface area contributed by atoms with Crippen LogP contribution in [0.3, 0.4) is 0 Å². The van der Waals surface area contributed by atoms with Crippen molar-refractivity contribution in [1.29, 1.82) is 5.26 Å². The number of hydrogen-bond donors (Lipinski definition) is 0. The summed E-state index contributed by atoms with van der Waals surface area (Å²) < 4.78 is 12.4. The minimum atomic E-state index is -0.538. The SMILES string of the molecule is N#Cc1ccc(B2Oc3ccc(N(c4ccc5ccccc5c4)C4C=c5ccccc5=CC4)cc3O2)cc1. The number of benzene rings is 5. The van der Waals surface area contributed by atoms with Gasteiger partial charge in [0.15, 0.2) is 0 Å². The molecular weight excluding hydrogens is 467 g/mol. The van der Waals surface area contributed by atoms with Gasteiger partial charge in [0.1, 0.15) is 11.5 Å². The molecule has 1 unspecified atom stereocenters. The van der Waals surface area contributed by atoms with Gasteiger partial charge in [-0.25, -0.2) is 0 Å². The summed E-state index contributed by atoms with van der Waals surface area (Å²) in [6.45, 7) is 0. The molecule has 5 aromatic rings. The largest absolute Gasteiger partial charge is 0.632 e. The van der Waals surface area contributed by atoms with Crippen LogP contribution in [0, 0.1) is 11.3 Å². The van der Waals surface area contributed by atoms with Crippen LogP contribution in [0.1, 0.15) is 12.0 Å². The molecule has 1 atom stereocenters. The van der Waals surface area contributed by atoms with E-state index in [1.54, 1.807) is 12.1 Å². The second-order valence-electron chi connectivity index (χ2n) is 9.64. The summed E-state index contributed by atoms with van der Waals surface area (Å²) in [5, 5.41) is 14.1. The summed E-state index contributed by atoms with van der Waals surface area (Å²) >= 11 is 0. The summed E-state index contributed by atoms with van der Waals surface area (Å²) in [4.78, 5) is 2.39. The normalized spacial score (nSPS) is 15.2. The molecule has 1 heterocycles. The zero-order valence-electron chi connectivity index (χ0n) is 20.6. The van der Waals surface area contributed by atoms with Crippen molar-refractivity contribution < 1.29 is 9.31 Å². The molecule has 2 aliphatic rings. The van der Waals surface area contributed by atoms with Gasteiger partial charge in [-0.05, 0) is 64.0 Å². The van der Waals surface area contributed by atoms with Crippen molar-refractivity contribution in [2.45, 2.75) is 12.5 Å². The first kappa shape index (κ1) is 22.3. The van der Waals surface area contributed by atoms with Crippen LogP contribution in [-0.4, -0.2) is 13.2 Å². The standard InChI is InChI=1S/C33H23BN2O2/c35-22-23-9-13-28(14-10-23)34-37-32-18-17-31(21-33(32)38-34)36(29-15-11-24-5-1-3-7-26(24)19-29)30-16-12-25-6-2-4-8-27(25)20-30/h1-15,17-21,30H,16H2. The Hall–Kier alpha value is -4.95. The Morgan fingerprint density at radius 3 is 2.26 bits per heavy atom. The number of nitrogens with zero attached hydrogens (tertiary/aromatic N) is 2. The fourth-order valence-electron chi connectivity index (χ4n) is 5.35. The summed E-state index contributed by atoms with van der Waals surface area (Å²) in [6.07, 6.45) is 5.57. The lowest BCUT2D eigenvalue weighted by molar-refractivity contribution is 0.519. The Bertz CT molecular complexity index is 1840. The van der Waals surface area contributed by atoms with Crippen LogP contribution >= 0.6 is 0 Å². The van der Waals surface area contributed by atoms with Gasteiger partial charge < -0.3 is 14.2 Å². The van der Waals surface area contributed by atoms with Crippen molar-refractivity contribution in [1.82, 2.24) is 0 Å². The van der Waals surface area contributed by atoms with E-state index in [0.717, 1.165) is 23.3 Å². The molecule has 1 aliphatic heterocycles. The Morgan fingerprint density at radius 2 is 1.42 bits per heavy atom. The first-order valence-electron chi connectivity index (χ1n) is 12.8. The monoisotopic (exact) mass is 490 g/mol. The lowest BCUT2D eigenvalue weighted by Gasteiger charge is -2.33. The van der Waals surface area contributed by atoms with Crippen LogP contribution in [0.5, 0.6) is 11.5 Å². The van der Waals surface area contributed by atoms with Gasteiger partial charge in [0, 0.05) is 22.9 Å². The molecule has 0 fully saturated rings. The van der Waals surface area contributed by atoms with E-state index < -0.39 is 7.12 Å². The van der Waals surface area contributed by atoms with Crippen LogP contribution in [-0.2, 0) is 0 Å². The lowest BCUT2D eigenvalue weighted by atomic mass is 9.79. The Kier molecular flexibility index (Phi) is 5.37. The first-order valence-corrected chi connectivity index (χ1v) is 12.8. The van der Waals surface area contributed by atoms with E-state index in [0.29, 0.717) is 17.1 Å². The second kappa shape index (κ2) is 9.17. The molecule has 4 nitrogen and oxygen atoms in total.